The number of aryl methyl sites for hydroxylation is 1. The van der Waals surface area contributed by atoms with E-state index >= 15 is 0 Å². The Bertz CT molecular complexity index is 945. The van der Waals surface area contributed by atoms with Crippen molar-refractivity contribution in [1.82, 2.24) is 15.3 Å². The molecule has 6 nitrogen and oxygen atoms in total. The van der Waals surface area contributed by atoms with Crippen LogP contribution in [0.15, 0.2) is 41.0 Å². The van der Waals surface area contributed by atoms with Crippen LogP contribution in [0, 0.1) is 6.92 Å². The van der Waals surface area contributed by atoms with Gasteiger partial charge in [0, 0.05) is 12.1 Å². The molecule has 1 aromatic carbocycles. The molecule has 0 atom stereocenters. The second-order valence-corrected chi connectivity index (χ2v) is 7.13. The Labute approximate surface area is 152 Å². The van der Waals surface area contributed by atoms with Crippen LogP contribution in [0.2, 0.25) is 0 Å². The van der Waals surface area contributed by atoms with E-state index in [1.807, 2.05) is 37.3 Å². The predicted molar refractivity (Wildman–Crippen MR) is 100 cm³/mol. The number of nitrogens with zero attached hydrogens (tertiary/aromatic N) is 2. The number of furan rings is 1. The van der Waals surface area contributed by atoms with Crippen LogP contribution in [0.3, 0.4) is 0 Å². The average Bonchev–Trinajstić information content (AvgIpc) is 3.18. The number of hydrogen-bond acceptors (Lipinski definition) is 5. The third-order valence-electron chi connectivity index (χ3n) is 4.75. The van der Waals surface area contributed by atoms with Crippen LogP contribution in [-0.4, -0.2) is 28.0 Å². The minimum absolute atomic E-state index is 0.0477. The Balaban J connectivity index is 1.54. The van der Waals surface area contributed by atoms with Crippen LogP contribution in [0.5, 0.6) is 0 Å². The maximum atomic E-state index is 12.7. The van der Waals surface area contributed by atoms with Gasteiger partial charge in [-0.25, -0.2) is 4.98 Å². The first-order valence-corrected chi connectivity index (χ1v) is 8.90. The molecule has 0 spiro atoms. The average molecular weight is 350 g/mol. The second-order valence-electron chi connectivity index (χ2n) is 7.13. The van der Waals surface area contributed by atoms with Gasteiger partial charge in [-0.2, -0.15) is 4.98 Å². The molecule has 1 fully saturated rings. The van der Waals surface area contributed by atoms with Crippen LogP contribution in [0.4, 0.5) is 5.82 Å². The van der Waals surface area contributed by atoms with Crippen molar-refractivity contribution in [2.45, 2.75) is 38.6 Å². The lowest BCUT2D eigenvalue weighted by molar-refractivity contribution is 0.0955. The molecule has 1 aliphatic rings. The number of hydrogen-bond donors (Lipinski definition) is 2. The van der Waals surface area contributed by atoms with Gasteiger partial charge in [-0.1, -0.05) is 30.3 Å². The molecule has 6 heteroatoms. The summed E-state index contributed by atoms with van der Waals surface area (Å²) in [5.41, 5.74) is 2.15. The highest BCUT2D eigenvalue weighted by molar-refractivity contribution is 6.09. The molecule has 0 bridgehead atoms. The fourth-order valence-electron chi connectivity index (χ4n) is 2.96. The summed E-state index contributed by atoms with van der Waals surface area (Å²) in [4.78, 5) is 21.5. The highest BCUT2D eigenvalue weighted by Crippen LogP contribution is 2.39. The summed E-state index contributed by atoms with van der Waals surface area (Å²) in [5.74, 6) is 1.13. The number of rotatable bonds is 6. The minimum atomic E-state index is -0.170. The number of anilines is 1. The molecule has 0 unspecified atom stereocenters. The maximum Gasteiger partial charge on any atom is 0.255 e. The fraction of sp³-hybridized carbons (Fsp3) is 0.350. The van der Waals surface area contributed by atoms with Gasteiger partial charge in [-0.15, -0.1) is 0 Å². The molecule has 1 amide bonds. The molecular formula is C20H22N4O2. The summed E-state index contributed by atoms with van der Waals surface area (Å²) in [5, 5.41) is 7.07. The van der Waals surface area contributed by atoms with Gasteiger partial charge in [0.1, 0.15) is 17.9 Å². The van der Waals surface area contributed by atoms with Crippen molar-refractivity contribution in [3.8, 4) is 0 Å². The third kappa shape index (κ3) is 3.40. The number of benzene rings is 1. The summed E-state index contributed by atoms with van der Waals surface area (Å²) < 4.78 is 5.54. The molecule has 3 aromatic rings. The Morgan fingerprint density at radius 3 is 2.73 bits per heavy atom. The summed E-state index contributed by atoms with van der Waals surface area (Å²) in [6.07, 6.45) is 4.43. The Morgan fingerprint density at radius 2 is 2.00 bits per heavy atom. The lowest BCUT2D eigenvalue weighted by atomic mass is 10.1. The lowest BCUT2D eigenvalue weighted by Crippen LogP contribution is -2.26. The first-order chi connectivity index (χ1) is 12.5. The Kier molecular flexibility index (Phi) is 4.11. The van der Waals surface area contributed by atoms with Crippen LogP contribution in [0.1, 0.15) is 41.5 Å². The summed E-state index contributed by atoms with van der Waals surface area (Å²) in [6, 6.07) is 10.1. The summed E-state index contributed by atoms with van der Waals surface area (Å²) in [7, 11) is 0. The smallest absolute Gasteiger partial charge is 0.255 e. The van der Waals surface area contributed by atoms with Gasteiger partial charge in [0.05, 0.1) is 10.9 Å². The molecule has 2 aromatic heterocycles. The molecule has 2 heterocycles. The minimum Gasteiger partial charge on any atom is -0.445 e. The zero-order valence-electron chi connectivity index (χ0n) is 15.0. The molecule has 1 saturated carbocycles. The van der Waals surface area contributed by atoms with Gasteiger partial charge in [-0.3, -0.25) is 4.79 Å². The number of amides is 1. The van der Waals surface area contributed by atoms with E-state index < -0.39 is 0 Å². The van der Waals surface area contributed by atoms with Crippen LogP contribution in [-0.2, 0) is 6.42 Å². The van der Waals surface area contributed by atoms with Crippen molar-refractivity contribution >= 4 is 22.8 Å². The van der Waals surface area contributed by atoms with E-state index in [0.29, 0.717) is 34.9 Å². The van der Waals surface area contributed by atoms with Gasteiger partial charge in [-0.05, 0) is 38.7 Å². The SMILES string of the molecule is Cc1nc(NC2(C)CC2)c2c(C(=O)NCCc3ccccc3)coc2n1. The van der Waals surface area contributed by atoms with Gasteiger partial charge < -0.3 is 15.1 Å². The van der Waals surface area contributed by atoms with Gasteiger partial charge in [0.2, 0.25) is 5.71 Å². The molecular weight excluding hydrogens is 328 g/mol. The van der Waals surface area contributed by atoms with Gasteiger partial charge in [0.15, 0.2) is 0 Å². The van der Waals surface area contributed by atoms with E-state index in [9.17, 15) is 4.79 Å². The zero-order valence-corrected chi connectivity index (χ0v) is 15.0. The number of carbonyl (C=O) groups is 1. The van der Waals surface area contributed by atoms with E-state index in [-0.39, 0.29) is 11.4 Å². The number of nitrogens with one attached hydrogen (secondary N) is 2. The van der Waals surface area contributed by atoms with Crippen LogP contribution in [0.25, 0.3) is 11.1 Å². The molecule has 2 N–H and O–H groups in total. The molecule has 26 heavy (non-hydrogen) atoms. The van der Waals surface area contributed by atoms with Crippen molar-refractivity contribution in [2.24, 2.45) is 0 Å². The van der Waals surface area contributed by atoms with Crippen LogP contribution >= 0.6 is 0 Å². The summed E-state index contributed by atoms with van der Waals surface area (Å²) in [6.45, 7) is 4.53. The zero-order chi connectivity index (χ0) is 18.1. The molecule has 0 saturated heterocycles. The molecule has 0 radical (unpaired) electrons. The number of aromatic nitrogens is 2. The van der Waals surface area contributed by atoms with Crippen molar-refractivity contribution in [1.29, 1.82) is 0 Å². The van der Waals surface area contributed by atoms with E-state index in [4.69, 9.17) is 4.42 Å². The van der Waals surface area contributed by atoms with E-state index in [1.165, 1.54) is 11.8 Å². The first-order valence-electron chi connectivity index (χ1n) is 8.90. The summed E-state index contributed by atoms with van der Waals surface area (Å²) >= 11 is 0. The molecule has 134 valence electrons. The maximum absolute atomic E-state index is 12.7. The monoisotopic (exact) mass is 350 g/mol. The quantitative estimate of drug-likeness (QED) is 0.711. The van der Waals surface area contributed by atoms with E-state index in [2.05, 4.69) is 27.5 Å². The number of fused-ring (bicyclic) bond motifs is 1. The lowest BCUT2D eigenvalue weighted by Gasteiger charge is -2.14. The van der Waals surface area contributed by atoms with Crippen molar-refractivity contribution in [3.63, 3.8) is 0 Å². The topological polar surface area (TPSA) is 80.0 Å². The van der Waals surface area contributed by atoms with E-state index in [0.717, 1.165) is 19.3 Å². The Morgan fingerprint density at radius 1 is 1.23 bits per heavy atom. The van der Waals surface area contributed by atoms with Gasteiger partial charge >= 0.3 is 0 Å². The fourth-order valence-corrected chi connectivity index (χ4v) is 2.96. The Hall–Kier alpha value is -2.89. The van der Waals surface area contributed by atoms with Crippen molar-refractivity contribution in [2.75, 3.05) is 11.9 Å². The molecule has 4 rings (SSSR count). The second kappa shape index (κ2) is 6.44. The van der Waals surface area contributed by atoms with Gasteiger partial charge in [0.25, 0.3) is 5.91 Å². The van der Waals surface area contributed by atoms with Crippen LogP contribution < -0.4 is 10.6 Å². The highest BCUT2D eigenvalue weighted by Gasteiger charge is 2.38. The van der Waals surface area contributed by atoms with E-state index in [1.54, 1.807) is 0 Å². The van der Waals surface area contributed by atoms with Crippen molar-refractivity contribution < 1.29 is 9.21 Å². The standard InChI is InChI=1S/C20H22N4O2/c1-13-22-17(24-20(2)9-10-20)16-15(12-26-19(16)23-13)18(25)21-11-8-14-6-4-3-5-7-14/h3-7,12H,8-11H2,1-2H3,(H,21,25)(H,22,23,24). The molecule has 1 aliphatic carbocycles. The molecule has 0 aliphatic heterocycles. The highest BCUT2D eigenvalue weighted by atomic mass is 16.3. The van der Waals surface area contributed by atoms with Crippen molar-refractivity contribution in [3.05, 3.63) is 53.5 Å². The normalized spacial score (nSPS) is 15.0. The first kappa shape index (κ1) is 16.6. The largest absolute Gasteiger partial charge is 0.445 e. The predicted octanol–water partition coefficient (Wildman–Crippen LogP) is 3.47. The third-order valence-corrected chi connectivity index (χ3v) is 4.75. The number of carbonyl (C=O) groups excluding carboxylic acids is 1.